The highest BCUT2D eigenvalue weighted by molar-refractivity contribution is 5.07. The van der Waals surface area contributed by atoms with E-state index in [1.165, 1.54) is 44.1 Å². The van der Waals surface area contributed by atoms with Crippen LogP contribution in [0.25, 0.3) is 0 Å². The Morgan fingerprint density at radius 1 is 1.31 bits per heavy atom. The van der Waals surface area contributed by atoms with Crippen LogP contribution in [-0.4, -0.2) is 0 Å². The molecule has 0 heteroatoms. The molecule has 1 atom stereocenters. The van der Waals surface area contributed by atoms with Crippen molar-refractivity contribution in [2.75, 3.05) is 0 Å². The third-order valence-corrected chi connectivity index (χ3v) is 3.16. The molecule has 1 fully saturated rings. The normalized spacial score (nSPS) is 26.9. The number of rotatable bonds is 3. The van der Waals surface area contributed by atoms with Gasteiger partial charge in [0.15, 0.2) is 0 Å². The Morgan fingerprint density at radius 3 is 2.23 bits per heavy atom. The number of hydrogen-bond donors (Lipinski definition) is 0. The first-order chi connectivity index (χ1) is 6.22. The van der Waals surface area contributed by atoms with Gasteiger partial charge in [0.05, 0.1) is 0 Å². The topological polar surface area (TPSA) is 0 Å². The molecule has 13 heavy (non-hydrogen) atoms. The summed E-state index contributed by atoms with van der Waals surface area (Å²) in [6, 6.07) is 0. The van der Waals surface area contributed by atoms with Crippen LogP contribution in [-0.2, 0) is 0 Å². The molecular weight excluding hydrogens is 156 g/mol. The summed E-state index contributed by atoms with van der Waals surface area (Å²) >= 11 is 0. The van der Waals surface area contributed by atoms with Crippen LogP contribution in [0.5, 0.6) is 0 Å². The maximum Gasteiger partial charge on any atom is -0.0260 e. The molecule has 1 saturated carbocycles. The Balaban J connectivity index is 0.000000671. The van der Waals surface area contributed by atoms with Crippen LogP contribution in [0, 0.1) is 5.41 Å². The van der Waals surface area contributed by atoms with E-state index in [-0.39, 0.29) is 0 Å². The number of allylic oxidation sites excluding steroid dienone is 1. The van der Waals surface area contributed by atoms with Crippen molar-refractivity contribution in [3.05, 3.63) is 12.2 Å². The average molecular weight is 182 g/mol. The van der Waals surface area contributed by atoms with Crippen molar-refractivity contribution in [3.63, 3.8) is 0 Å². The molecule has 1 aliphatic carbocycles. The monoisotopic (exact) mass is 182 g/mol. The van der Waals surface area contributed by atoms with Crippen molar-refractivity contribution < 1.29 is 0 Å². The summed E-state index contributed by atoms with van der Waals surface area (Å²) in [5.74, 6) is 0. The highest BCUT2D eigenvalue weighted by Crippen LogP contribution is 2.46. The zero-order chi connectivity index (χ0) is 10.3. The molecule has 1 rings (SSSR count). The zero-order valence-corrected chi connectivity index (χ0v) is 9.95. The summed E-state index contributed by atoms with van der Waals surface area (Å²) in [7, 11) is 0. The van der Waals surface area contributed by atoms with E-state index in [0.717, 1.165) is 0 Å². The molecule has 0 N–H and O–H groups in total. The fourth-order valence-electron chi connectivity index (χ4n) is 2.37. The maximum atomic E-state index is 4.08. The van der Waals surface area contributed by atoms with Crippen LogP contribution >= 0.6 is 0 Å². The van der Waals surface area contributed by atoms with Gasteiger partial charge in [0, 0.05) is 0 Å². The summed E-state index contributed by atoms with van der Waals surface area (Å²) < 4.78 is 0. The van der Waals surface area contributed by atoms with Gasteiger partial charge in [0.25, 0.3) is 0 Å². The summed E-state index contributed by atoms with van der Waals surface area (Å²) in [4.78, 5) is 0. The molecule has 0 radical (unpaired) electrons. The molecule has 78 valence electrons. The molecule has 0 nitrogen and oxygen atoms in total. The molecule has 0 bridgehead atoms. The van der Waals surface area contributed by atoms with Gasteiger partial charge in [0.2, 0.25) is 0 Å². The Kier molecular flexibility index (Phi) is 6.11. The van der Waals surface area contributed by atoms with Gasteiger partial charge in [-0.1, -0.05) is 52.7 Å². The van der Waals surface area contributed by atoms with E-state index in [1.807, 2.05) is 13.8 Å². The average Bonchev–Trinajstić information content (AvgIpc) is 2.53. The highest BCUT2D eigenvalue weighted by Gasteiger charge is 2.32. The summed E-state index contributed by atoms with van der Waals surface area (Å²) in [5, 5.41) is 0. The van der Waals surface area contributed by atoms with Gasteiger partial charge < -0.3 is 0 Å². The van der Waals surface area contributed by atoms with Crippen LogP contribution in [0.3, 0.4) is 0 Å². The molecule has 0 amide bonds. The molecule has 0 aromatic carbocycles. The maximum absolute atomic E-state index is 4.08. The predicted octanol–water partition coefficient (Wildman–Crippen LogP) is 4.95. The minimum Gasteiger partial charge on any atom is -0.0998 e. The fraction of sp³-hybridized carbons (Fsp3) is 0.846. The quantitative estimate of drug-likeness (QED) is 0.542. The molecular formula is C13H26. The molecule has 1 unspecified atom stereocenters. The first-order valence-electron chi connectivity index (χ1n) is 5.89. The first-order valence-corrected chi connectivity index (χ1v) is 5.89. The van der Waals surface area contributed by atoms with Crippen LogP contribution in [0.1, 0.15) is 66.2 Å². The van der Waals surface area contributed by atoms with Gasteiger partial charge in [-0.25, -0.2) is 0 Å². The van der Waals surface area contributed by atoms with Gasteiger partial charge in [-0.3, -0.25) is 0 Å². The van der Waals surface area contributed by atoms with Gasteiger partial charge in [0.1, 0.15) is 0 Å². The van der Waals surface area contributed by atoms with E-state index in [2.05, 4.69) is 20.4 Å². The van der Waals surface area contributed by atoms with Crippen LogP contribution < -0.4 is 0 Å². The Labute approximate surface area is 84.4 Å². The van der Waals surface area contributed by atoms with E-state index in [1.54, 1.807) is 0 Å². The van der Waals surface area contributed by atoms with E-state index in [0.29, 0.717) is 5.41 Å². The predicted molar refractivity (Wildman–Crippen MR) is 62.0 cm³/mol. The Morgan fingerprint density at radius 2 is 1.92 bits per heavy atom. The molecule has 0 aromatic heterocycles. The Bertz CT molecular complexity index is 146. The second-order valence-corrected chi connectivity index (χ2v) is 4.03. The largest absolute Gasteiger partial charge is 0.0998 e. The second kappa shape index (κ2) is 6.23. The van der Waals surface area contributed by atoms with Crippen molar-refractivity contribution in [2.24, 2.45) is 5.41 Å². The van der Waals surface area contributed by atoms with Gasteiger partial charge in [-0.15, -0.1) is 0 Å². The van der Waals surface area contributed by atoms with Crippen molar-refractivity contribution in [2.45, 2.75) is 66.2 Å². The van der Waals surface area contributed by atoms with E-state index in [9.17, 15) is 0 Å². The van der Waals surface area contributed by atoms with E-state index >= 15 is 0 Å². The third-order valence-electron chi connectivity index (χ3n) is 3.16. The lowest BCUT2D eigenvalue weighted by molar-refractivity contribution is 0.262. The minimum absolute atomic E-state index is 0.659. The molecule has 1 aliphatic rings. The van der Waals surface area contributed by atoms with Crippen LogP contribution in [0.2, 0.25) is 0 Å². The van der Waals surface area contributed by atoms with Crippen molar-refractivity contribution in [1.29, 1.82) is 0 Å². The van der Waals surface area contributed by atoms with Gasteiger partial charge in [-0.05, 0) is 31.1 Å². The van der Waals surface area contributed by atoms with Gasteiger partial charge >= 0.3 is 0 Å². The van der Waals surface area contributed by atoms with Crippen LogP contribution in [0.4, 0.5) is 0 Å². The van der Waals surface area contributed by atoms with E-state index < -0.39 is 0 Å². The SMILES string of the molecule is C=C1CCC(CC)(CCC)C1.CC. The van der Waals surface area contributed by atoms with Crippen molar-refractivity contribution >= 4 is 0 Å². The smallest absolute Gasteiger partial charge is 0.0260 e. The second-order valence-electron chi connectivity index (χ2n) is 4.03. The van der Waals surface area contributed by atoms with Crippen molar-refractivity contribution in [1.82, 2.24) is 0 Å². The zero-order valence-electron chi connectivity index (χ0n) is 9.95. The highest BCUT2D eigenvalue weighted by atomic mass is 14.4. The minimum atomic E-state index is 0.659. The first kappa shape index (κ1) is 12.7. The van der Waals surface area contributed by atoms with E-state index in [4.69, 9.17) is 0 Å². The van der Waals surface area contributed by atoms with Crippen molar-refractivity contribution in [3.8, 4) is 0 Å². The third kappa shape index (κ3) is 3.54. The molecule has 0 aromatic rings. The lowest BCUT2D eigenvalue weighted by atomic mass is 9.79. The van der Waals surface area contributed by atoms with Crippen LogP contribution in [0.15, 0.2) is 12.2 Å². The fourth-order valence-corrected chi connectivity index (χ4v) is 2.37. The van der Waals surface area contributed by atoms with Gasteiger partial charge in [-0.2, -0.15) is 0 Å². The lowest BCUT2D eigenvalue weighted by Crippen LogP contribution is -2.14. The molecule has 0 spiro atoms. The Hall–Kier alpha value is -0.260. The number of hydrogen-bond acceptors (Lipinski definition) is 0. The summed E-state index contributed by atoms with van der Waals surface area (Å²) in [6.45, 7) is 12.7. The standard InChI is InChI=1S/C11H20.C2H6/c1-4-7-11(5-2)8-6-10(3)9-11;1-2/h3-9H2,1-2H3;1-2H3. The summed E-state index contributed by atoms with van der Waals surface area (Å²) in [6.07, 6.45) is 8.07. The lowest BCUT2D eigenvalue weighted by Gasteiger charge is -2.26. The molecule has 0 aliphatic heterocycles. The summed E-state index contributed by atoms with van der Waals surface area (Å²) in [5.41, 5.74) is 2.14. The molecule has 0 saturated heterocycles. The molecule has 0 heterocycles.